The molecule has 0 radical (unpaired) electrons. The number of ether oxygens (including phenoxy) is 1. The number of carbonyl (C=O) groups is 2. The maximum Gasteiger partial charge on any atom is 1.00 e. The van der Waals surface area contributed by atoms with E-state index in [1.165, 1.54) is 45.0 Å². The third kappa shape index (κ3) is 6.57. The molecule has 3 aromatic carbocycles. The van der Waals surface area contributed by atoms with Gasteiger partial charge in [-0.05, 0) is 62.1 Å². The van der Waals surface area contributed by atoms with Crippen LogP contribution >= 0.6 is 11.6 Å². The molecule has 5 rings (SSSR count). The first-order valence-corrected chi connectivity index (χ1v) is 16.5. The maximum absolute atomic E-state index is 13.8. The molecular formula is C28H24ClN6NaO9S2. The Bertz CT molecular complexity index is 2230. The van der Waals surface area contributed by atoms with Gasteiger partial charge in [-0.1, -0.05) is 24.3 Å². The number of hydrogen-bond donors (Lipinski definition) is 4. The zero-order valence-corrected chi connectivity index (χ0v) is 29.8. The number of benzene rings is 3. The van der Waals surface area contributed by atoms with Gasteiger partial charge in [0.25, 0.3) is 10.1 Å². The largest absolute Gasteiger partial charge is 1.00 e. The molecule has 1 aliphatic rings. The Morgan fingerprint density at radius 1 is 0.915 bits per heavy atom. The van der Waals surface area contributed by atoms with Gasteiger partial charge in [-0.3, -0.25) is 14.1 Å². The Labute approximate surface area is 296 Å². The van der Waals surface area contributed by atoms with Gasteiger partial charge >= 0.3 is 35.6 Å². The van der Waals surface area contributed by atoms with Gasteiger partial charge in [0, 0.05) is 16.8 Å². The van der Waals surface area contributed by atoms with Crippen molar-refractivity contribution in [3.8, 4) is 6.01 Å². The summed E-state index contributed by atoms with van der Waals surface area (Å²) < 4.78 is 77.7. The smallest absolute Gasteiger partial charge is 0.744 e. The molecule has 0 unspecified atom stereocenters. The van der Waals surface area contributed by atoms with Gasteiger partial charge in [-0.15, -0.1) is 0 Å². The molecular weight excluding hydrogens is 687 g/mol. The van der Waals surface area contributed by atoms with Crippen LogP contribution in [0.25, 0.3) is 0 Å². The zero-order valence-electron chi connectivity index (χ0n) is 25.4. The van der Waals surface area contributed by atoms with Crippen molar-refractivity contribution in [3.63, 3.8) is 0 Å². The average Bonchev–Trinajstić information content (AvgIpc) is 2.95. The van der Waals surface area contributed by atoms with Crippen LogP contribution in [-0.2, 0) is 20.2 Å². The molecule has 47 heavy (non-hydrogen) atoms. The Kier molecular flexibility index (Phi) is 10.1. The Morgan fingerprint density at radius 3 is 2.00 bits per heavy atom. The number of aromatic nitrogens is 3. The molecule has 0 saturated carbocycles. The van der Waals surface area contributed by atoms with Crippen LogP contribution in [-0.4, -0.2) is 59.1 Å². The van der Waals surface area contributed by atoms with Crippen LogP contribution in [0, 0.1) is 20.8 Å². The minimum atomic E-state index is -5.29. The van der Waals surface area contributed by atoms with E-state index in [9.17, 15) is 35.5 Å². The van der Waals surface area contributed by atoms with E-state index in [0.29, 0.717) is 0 Å². The number of carbonyl (C=O) groups excluding carboxylic acids is 2. The van der Waals surface area contributed by atoms with E-state index >= 15 is 0 Å². The van der Waals surface area contributed by atoms with Crippen molar-refractivity contribution in [2.24, 2.45) is 0 Å². The summed E-state index contributed by atoms with van der Waals surface area (Å²) >= 11 is 6.02. The first-order chi connectivity index (χ1) is 21.4. The predicted octanol–water partition coefficient (Wildman–Crippen LogP) is 0.849. The van der Waals surface area contributed by atoms with Crippen molar-refractivity contribution >= 4 is 72.1 Å². The van der Waals surface area contributed by atoms with Crippen LogP contribution in [0.2, 0.25) is 5.28 Å². The second kappa shape index (κ2) is 13.1. The molecule has 0 spiro atoms. The molecule has 0 aliphatic heterocycles. The fourth-order valence-corrected chi connectivity index (χ4v) is 7.15. The summed E-state index contributed by atoms with van der Waals surface area (Å²) in [6.07, 6.45) is 0. The second-order valence-corrected chi connectivity index (χ2v) is 13.1. The number of nitrogens with one attached hydrogen (secondary N) is 2. The van der Waals surface area contributed by atoms with Crippen LogP contribution in [0.5, 0.6) is 6.01 Å². The van der Waals surface area contributed by atoms with Gasteiger partial charge in [0.1, 0.15) is 15.0 Å². The maximum atomic E-state index is 13.8. The van der Waals surface area contributed by atoms with Crippen molar-refractivity contribution in [2.45, 2.75) is 37.5 Å². The standard InChI is InChI=1S/C28H25ClN6O9S2.Na/c1-5-44-28-34-26(29)33-27(35-28)32-22-11(2)21(12(3)25(13(22)4)46(41,42)43)31-16-10-17(45(38,39)40)20(30)19-18(16)23(36)14-8-6-7-9-15(14)24(19)37;/h6-10,31H,5,30H2,1-4H3,(H,38,39,40)(H,41,42,43)(H,32,33,34,35);/q;+1/p-1. The molecule has 0 amide bonds. The monoisotopic (exact) mass is 710 g/mol. The number of nitrogens with two attached hydrogens (primary N) is 1. The molecule has 1 aliphatic carbocycles. The molecule has 0 bridgehead atoms. The molecule has 19 heteroatoms. The number of halogens is 1. The van der Waals surface area contributed by atoms with E-state index in [1.807, 2.05) is 0 Å². The van der Waals surface area contributed by atoms with Crippen molar-refractivity contribution in [2.75, 3.05) is 23.0 Å². The number of ketones is 2. The van der Waals surface area contributed by atoms with Gasteiger partial charge in [0.15, 0.2) is 11.6 Å². The summed E-state index contributed by atoms with van der Waals surface area (Å²) in [5, 5.41) is 5.45. The predicted molar refractivity (Wildman–Crippen MR) is 165 cm³/mol. The minimum Gasteiger partial charge on any atom is -0.744 e. The van der Waals surface area contributed by atoms with Gasteiger partial charge in [-0.2, -0.15) is 23.4 Å². The Balaban J connectivity index is 0.00000500. The van der Waals surface area contributed by atoms with Crippen LogP contribution in [0.3, 0.4) is 0 Å². The molecule has 15 nitrogen and oxygen atoms in total. The zero-order chi connectivity index (χ0) is 33.9. The molecule has 0 atom stereocenters. The van der Waals surface area contributed by atoms with Crippen LogP contribution in [0.15, 0.2) is 40.1 Å². The Morgan fingerprint density at radius 2 is 1.47 bits per heavy atom. The summed E-state index contributed by atoms with van der Waals surface area (Å²) in [6, 6.07) is 6.45. The molecule has 0 saturated heterocycles. The van der Waals surface area contributed by atoms with Gasteiger partial charge in [0.05, 0.1) is 39.7 Å². The third-order valence-electron chi connectivity index (χ3n) is 7.27. The minimum absolute atomic E-state index is 0. The molecule has 4 aromatic rings. The third-order valence-corrected chi connectivity index (χ3v) is 9.44. The van der Waals surface area contributed by atoms with E-state index in [-0.39, 0.29) is 104 Å². The fourth-order valence-electron chi connectivity index (χ4n) is 5.38. The molecule has 240 valence electrons. The number of fused-ring (bicyclic) bond motifs is 2. The number of nitrogens with zero attached hydrogens (tertiary/aromatic N) is 3. The van der Waals surface area contributed by atoms with E-state index in [0.717, 1.165) is 6.07 Å². The number of anilines is 5. The first-order valence-electron chi connectivity index (χ1n) is 13.3. The SMILES string of the molecule is CCOc1nc(Cl)nc(Nc2c(C)c(Nc3cc(S(=O)(=O)[O-])c(N)c4c3C(=O)c3ccccc3C4=O)c(C)c(S(=O)(=O)O)c2C)n1.[Na+]. The summed E-state index contributed by atoms with van der Waals surface area (Å²) in [5.74, 6) is -1.67. The van der Waals surface area contributed by atoms with E-state index in [2.05, 4.69) is 25.6 Å². The summed E-state index contributed by atoms with van der Waals surface area (Å²) in [6.45, 7) is 6.16. The van der Waals surface area contributed by atoms with E-state index in [4.69, 9.17) is 22.1 Å². The van der Waals surface area contributed by atoms with Crippen LogP contribution < -0.4 is 50.7 Å². The summed E-state index contributed by atoms with van der Waals surface area (Å²) in [4.78, 5) is 37.8. The average molecular weight is 711 g/mol. The van der Waals surface area contributed by atoms with Crippen LogP contribution in [0.4, 0.5) is 28.7 Å². The van der Waals surface area contributed by atoms with Gasteiger partial charge in [0.2, 0.25) is 11.2 Å². The molecule has 5 N–H and O–H groups in total. The second-order valence-electron chi connectivity index (χ2n) is 10.1. The molecule has 1 aromatic heterocycles. The van der Waals surface area contributed by atoms with Crippen LogP contribution in [0.1, 0.15) is 55.5 Å². The van der Waals surface area contributed by atoms with Gasteiger partial charge < -0.3 is 25.7 Å². The Hall–Kier alpha value is -3.68. The van der Waals surface area contributed by atoms with Crippen molar-refractivity contribution < 1.29 is 69.8 Å². The fraction of sp³-hybridized carbons (Fsp3) is 0.179. The van der Waals surface area contributed by atoms with E-state index < -0.39 is 52.8 Å². The van der Waals surface area contributed by atoms with Crippen molar-refractivity contribution in [3.05, 3.63) is 74.6 Å². The summed E-state index contributed by atoms with van der Waals surface area (Å²) in [7, 11) is -10.2. The number of hydrogen-bond acceptors (Lipinski definition) is 14. The quantitative estimate of drug-likeness (QED) is 0.0991. The van der Waals surface area contributed by atoms with E-state index in [1.54, 1.807) is 6.92 Å². The first kappa shape index (κ1) is 36.2. The molecule has 1 heterocycles. The molecule has 0 fully saturated rings. The number of rotatable bonds is 8. The number of nitrogen functional groups attached to an aromatic ring is 1. The van der Waals surface area contributed by atoms with Crippen molar-refractivity contribution in [1.82, 2.24) is 15.0 Å². The van der Waals surface area contributed by atoms with Crippen molar-refractivity contribution in [1.29, 1.82) is 0 Å². The van der Waals surface area contributed by atoms with Gasteiger partial charge in [-0.25, -0.2) is 8.42 Å². The normalized spacial score (nSPS) is 12.6. The summed E-state index contributed by atoms with van der Waals surface area (Å²) in [5.41, 5.74) is 4.30. The topological polar surface area (TPSA) is 244 Å².